The zero-order valence-corrected chi connectivity index (χ0v) is 8.49. The maximum absolute atomic E-state index is 11.3. The van der Waals surface area contributed by atoms with Gasteiger partial charge in [-0.05, 0) is 19.4 Å². The van der Waals surface area contributed by atoms with Gasteiger partial charge < -0.3 is 4.74 Å². The van der Waals surface area contributed by atoms with E-state index in [4.69, 9.17) is 4.74 Å². The third kappa shape index (κ3) is 3.05. The monoisotopic (exact) mass is 190 g/mol. The quantitative estimate of drug-likeness (QED) is 0.541. The second-order valence-corrected chi connectivity index (χ2v) is 3.03. The van der Waals surface area contributed by atoms with E-state index in [2.05, 4.69) is 0 Å². The molecular weight excluding hydrogens is 176 g/mol. The van der Waals surface area contributed by atoms with Gasteiger partial charge in [0.05, 0.1) is 0 Å². The summed E-state index contributed by atoms with van der Waals surface area (Å²) in [6, 6.07) is 9.64. The minimum absolute atomic E-state index is 0.253. The highest BCUT2D eigenvalue weighted by Crippen LogP contribution is 2.03. The Morgan fingerprint density at radius 2 is 2.00 bits per heavy atom. The minimum atomic E-state index is -0.253. The molecular formula is C12H14O2. The van der Waals surface area contributed by atoms with Crippen LogP contribution in [0.15, 0.2) is 42.0 Å². The normalized spacial score (nSPS) is 11.1. The highest BCUT2D eigenvalue weighted by atomic mass is 16.5. The van der Waals surface area contributed by atoms with Gasteiger partial charge in [0, 0.05) is 5.57 Å². The first-order valence-corrected chi connectivity index (χ1v) is 4.58. The van der Waals surface area contributed by atoms with Crippen molar-refractivity contribution >= 4 is 5.97 Å². The van der Waals surface area contributed by atoms with E-state index in [0.717, 1.165) is 5.56 Å². The van der Waals surface area contributed by atoms with Crippen molar-refractivity contribution in [2.24, 2.45) is 0 Å². The average molecular weight is 190 g/mol. The molecule has 0 fully saturated rings. The summed E-state index contributed by atoms with van der Waals surface area (Å²) >= 11 is 0. The van der Waals surface area contributed by atoms with Gasteiger partial charge in [0.2, 0.25) is 0 Å². The Labute approximate surface area is 84.2 Å². The van der Waals surface area contributed by atoms with Crippen molar-refractivity contribution in [2.45, 2.75) is 20.5 Å². The summed E-state index contributed by atoms with van der Waals surface area (Å²) in [7, 11) is 0. The van der Waals surface area contributed by atoms with Gasteiger partial charge in [-0.3, -0.25) is 0 Å². The molecule has 0 heterocycles. The van der Waals surface area contributed by atoms with Crippen LogP contribution < -0.4 is 0 Å². The molecule has 0 aromatic heterocycles. The van der Waals surface area contributed by atoms with Crippen LogP contribution in [0.25, 0.3) is 0 Å². The number of carbonyl (C=O) groups excluding carboxylic acids is 1. The van der Waals surface area contributed by atoms with Crippen molar-refractivity contribution in [3.05, 3.63) is 47.5 Å². The fourth-order valence-electron chi connectivity index (χ4n) is 0.955. The summed E-state index contributed by atoms with van der Waals surface area (Å²) in [5.41, 5.74) is 1.64. The Balaban J connectivity index is 2.46. The summed E-state index contributed by atoms with van der Waals surface area (Å²) < 4.78 is 5.07. The van der Waals surface area contributed by atoms with Crippen LogP contribution in [0.1, 0.15) is 19.4 Å². The molecule has 1 aromatic rings. The van der Waals surface area contributed by atoms with Crippen molar-refractivity contribution in [1.29, 1.82) is 0 Å². The fraction of sp³-hybridized carbons (Fsp3) is 0.250. The minimum Gasteiger partial charge on any atom is -0.457 e. The van der Waals surface area contributed by atoms with Gasteiger partial charge in [-0.2, -0.15) is 0 Å². The molecule has 0 aliphatic heterocycles. The van der Waals surface area contributed by atoms with Crippen LogP contribution in [0.4, 0.5) is 0 Å². The van der Waals surface area contributed by atoms with E-state index < -0.39 is 0 Å². The lowest BCUT2D eigenvalue weighted by atomic mass is 10.2. The molecule has 0 saturated carbocycles. The van der Waals surface area contributed by atoms with Gasteiger partial charge in [0.1, 0.15) is 6.61 Å². The summed E-state index contributed by atoms with van der Waals surface area (Å²) in [6.07, 6.45) is 1.74. The van der Waals surface area contributed by atoms with Gasteiger partial charge in [0.15, 0.2) is 0 Å². The van der Waals surface area contributed by atoms with Crippen molar-refractivity contribution in [1.82, 2.24) is 0 Å². The van der Waals surface area contributed by atoms with Crippen LogP contribution in [0.2, 0.25) is 0 Å². The molecule has 0 atom stereocenters. The molecule has 14 heavy (non-hydrogen) atoms. The average Bonchev–Trinajstić information content (AvgIpc) is 2.26. The van der Waals surface area contributed by atoms with Crippen LogP contribution in [0.5, 0.6) is 0 Å². The van der Waals surface area contributed by atoms with Crippen LogP contribution in [0, 0.1) is 0 Å². The lowest BCUT2D eigenvalue weighted by Crippen LogP contribution is -2.05. The number of benzene rings is 1. The molecule has 0 spiro atoms. The summed E-state index contributed by atoms with van der Waals surface area (Å²) in [5.74, 6) is -0.253. The summed E-state index contributed by atoms with van der Waals surface area (Å²) in [4.78, 5) is 11.3. The molecule has 2 nitrogen and oxygen atoms in total. The number of hydrogen-bond donors (Lipinski definition) is 0. The summed E-state index contributed by atoms with van der Waals surface area (Å²) in [5, 5.41) is 0. The van der Waals surface area contributed by atoms with E-state index in [1.165, 1.54) is 0 Å². The van der Waals surface area contributed by atoms with Crippen LogP contribution in [-0.2, 0) is 16.1 Å². The topological polar surface area (TPSA) is 26.3 Å². The third-order valence-corrected chi connectivity index (χ3v) is 1.97. The van der Waals surface area contributed by atoms with E-state index in [1.807, 2.05) is 37.3 Å². The van der Waals surface area contributed by atoms with Gasteiger partial charge in [-0.25, -0.2) is 4.79 Å². The third-order valence-electron chi connectivity index (χ3n) is 1.97. The number of carbonyl (C=O) groups is 1. The van der Waals surface area contributed by atoms with Crippen LogP contribution >= 0.6 is 0 Å². The highest BCUT2D eigenvalue weighted by molar-refractivity contribution is 5.87. The first-order valence-electron chi connectivity index (χ1n) is 4.58. The maximum atomic E-state index is 11.3. The molecule has 0 saturated heterocycles. The van der Waals surface area contributed by atoms with Crippen molar-refractivity contribution < 1.29 is 9.53 Å². The molecule has 2 heteroatoms. The Kier molecular flexibility index (Phi) is 3.92. The molecule has 0 aliphatic rings. The largest absolute Gasteiger partial charge is 0.457 e. The van der Waals surface area contributed by atoms with E-state index in [0.29, 0.717) is 12.2 Å². The van der Waals surface area contributed by atoms with E-state index in [1.54, 1.807) is 13.0 Å². The van der Waals surface area contributed by atoms with Crippen LogP contribution in [-0.4, -0.2) is 5.97 Å². The molecule has 0 unspecified atom stereocenters. The van der Waals surface area contributed by atoms with E-state index >= 15 is 0 Å². The zero-order chi connectivity index (χ0) is 10.4. The Morgan fingerprint density at radius 3 is 2.57 bits per heavy atom. The SMILES string of the molecule is C/C=C(\C)C(=O)OCc1ccccc1. The zero-order valence-electron chi connectivity index (χ0n) is 8.49. The standard InChI is InChI=1S/C12H14O2/c1-3-10(2)12(13)14-9-11-7-5-4-6-8-11/h3-8H,9H2,1-2H3/b10-3+. The highest BCUT2D eigenvalue weighted by Gasteiger charge is 2.03. The van der Waals surface area contributed by atoms with Gasteiger partial charge >= 0.3 is 5.97 Å². The molecule has 0 radical (unpaired) electrons. The Morgan fingerprint density at radius 1 is 1.36 bits per heavy atom. The van der Waals surface area contributed by atoms with Crippen molar-refractivity contribution in [3.8, 4) is 0 Å². The molecule has 0 N–H and O–H groups in total. The Hall–Kier alpha value is -1.57. The maximum Gasteiger partial charge on any atom is 0.333 e. The molecule has 74 valence electrons. The predicted octanol–water partition coefficient (Wildman–Crippen LogP) is 2.70. The first kappa shape index (κ1) is 10.5. The number of ether oxygens (including phenoxy) is 1. The van der Waals surface area contributed by atoms with E-state index in [-0.39, 0.29) is 5.97 Å². The second-order valence-electron chi connectivity index (χ2n) is 3.03. The number of esters is 1. The Bertz CT molecular complexity index is 325. The lowest BCUT2D eigenvalue weighted by molar-refractivity contribution is -0.140. The first-order chi connectivity index (χ1) is 6.74. The fourth-order valence-corrected chi connectivity index (χ4v) is 0.955. The van der Waals surface area contributed by atoms with Crippen LogP contribution in [0.3, 0.4) is 0 Å². The predicted molar refractivity (Wildman–Crippen MR) is 55.7 cm³/mol. The van der Waals surface area contributed by atoms with Gasteiger partial charge in [-0.1, -0.05) is 36.4 Å². The van der Waals surface area contributed by atoms with Crippen molar-refractivity contribution in [2.75, 3.05) is 0 Å². The molecule has 0 bridgehead atoms. The lowest BCUT2D eigenvalue weighted by Gasteiger charge is -2.04. The summed E-state index contributed by atoms with van der Waals surface area (Å²) in [6.45, 7) is 3.90. The number of hydrogen-bond acceptors (Lipinski definition) is 2. The van der Waals surface area contributed by atoms with Crippen molar-refractivity contribution in [3.63, 3.8) is 0 Å². The molecule has 0 amide bonds. The van der Waals surface area contributed by atoms with E-state index in [9.17, 15) is 4.79 Å². The van der Waals surface area contributed by atoms with Gasteiger partial charge in [-0.15, -0.1) is 0 Å². The molecule has 1 aromatic carbocycles. The number of allylic oxidation sites excluding steroid dienone is 1. The van der Waals surface area contributed by atoms with Gasteiger partial charge in [0.25, 0.3) is 0 Å². The number of rotatable bonds is 3. The molecule has 0 aliphatic carbocycles. The second kappa shape index (κ2) is 5.22. The smallest absolute Gasteiger partial charge is 0.333 e. The molecule has 1 rings (SSSR count).